The number of carbonyl (C=O) groups is 1. The summed E-state index contributed by atoms with van der Waals surface area (Å²) < 4.78 is 40.3. The Morgan fingerprint density at radius 3 is 2.53 bits per heavy atom. The van der Waals surface area contributed by atoms with Crippen molar-refractivity contribution in [2.75, 3.05) is 5.32 Å². The molecule has 0 fully saturated rings. The average molecular weight is 466 g/mol. The zero-order valence-corrected chi connectivity index (χ0v) is 18.3. The number of alkyl halides is 3. The molecule has 1 amide bonds. The standard InChI is InChI=1S/C22H23ClF3N5O/c1-14(2)20(30-19-7-6-17(9-18(19)23)22(24,25)26)21(32)28-10-15-4-3-5-16(8-15)11-31-13-27-12-29-31/h3-9,12-14,20,30H,10-11H2,1-2H3,(H,28,32)/t20-/m0/s1. The van der Waals surface area contributed by atoms with Crippen LogP contribution in [0.1, 0.15) is 30.5 Å². The Labute approximate surface area is 188 Å². The van der Waals surface area contributed by atoms with Crippen LogP contribution in [0, 0.1) is 5.92 Å². The van der Waals surface area contributed by atoms with E-state index in [2.05, 4.69) is 20.7 Å². The molecule has 32 heavy (non-hydrogen) atoms. The summed E-state index contributed by atoms with van der Waals surface area (Å²) in [6, 6.07) is 10.1. The van der Waals surface area contributed by atoms with Crippen LogP contribution in [0.4, 0.5) is 18.9 Å². The highest BCUT2D eigenvalue weighted by Crippen LogP contribution is 2.34. The van der Waals surface area contributed by atoms with Gasteiger partial charge in [0, 0.05) is 6.54 Å². The first-order valence-corrected chi connectivity index (χ1v) is 10.3. The number of benzene rings is 2. The Hall–Kier alpha value is -3.07. The van der Waals surface area contributed by atoms with Crippen LogP contribution in [0.5, 0.6) is 0 Å². The van der Waals surface area contributed by atoms with Gasteiger partial charge in [0.15, 0.2) is 0 Å². The maximum absolute atomic E-state index is 12.9. The number of nitrogens with zero attached hydrogens (tertiary/aromatic N) is 3. The Morgan fingerprint density at radius 1 is 1.16 bits per heavy atom. The van der Waals surface area contributed by atoms with Crippen LogP contribution >= 0.6 is 11.6 Å². The van der Waals surface area contributed by atoms with Gasteiger partial charge in [-0.05, 0) is 35.2 Å². The van der Waals surface area contributed by atoms with Crippen molar-refractivity contribution in [3.05, 3.63) is 76.8 Å². The number of aromatic nitrogens is 3. The molecule has 0 radical (unpaired) electrons. The largest absolute Gasteiger partial charge is 0.416 e. The highest BCUT2D eigenvalue weighted by molar-refractivity contribution is 6.33. The van der Waals surface area contributed by atoms with E-state index in [0.29, 0.717) is 13.1 Å². The molecule has 170 valence electrons. The molecule has 10 heteroatoms. The van der Waals surface area contributed by atoms with E-state index in [1.54, 1.807) is 11.0 Å². The molecule has 0 aliphatic rings. The second-order valence-corrected chi connectivity index (χ2v) is 8.10. The van der Waals surface area contributed by atoms with Crippen molar-refractivity contribution in [3.63, 3.8) is 0 Å². The third-order valence-corrected chi connectivity index (χ3v) is 5.14. The number of hydrogen-bond donors (Lipinski definition) is 2. The minimum Gasteiger partial charge on any atom is -0.372 e. The summed E-state index contributed by atoms with van der Waals surface area (Å²) in [6.07, 6.45) is -1.40. The van der Waals surface area contributed by atoms with Crippen LogP contribution in [0.25, 0.3) is 0 Å². The van der Waals surface area contributed by atoms with Crippen molar-refractivity contribution >= 4 is 23.2 Å². The molecule has 0 bridgehead atoms. The fourth-order valence-corrected chi connectivity index (χ4v) is 3.38. The molecule has 0 saturated carbocycles. The van der Waals surface area contributed by atoms with Gasteiger partial charge in [-0.1, -0.05) is 49.7 Å². The van der Waals surface area contributed by atoms with Crippen LogP contribution in [0.15, 0.2) is 55.1 Å². The summed E-state index contributed by atoms with van der Waals surface area (Å²) in [5.41, 5.74) is 1.34. The van der Waals surface area contributed by atoms with Gasteiger partial charge in [-0.3, -0.25) is 4.79 Å². The lowest BCUT2D eigenvalue weighted by atomic mass is 10.0. The first kappa shape index (κ1) is 23.6. The Morgan fingerprint density at radius 2 is 1.91 bits per heavy atom. The molecule has 6 nitrogen and oxygen atoms in total. The Kier molecular flexibility index (Phi) is 7.40. The molecule has 1 atom stereocenters. The second-order valence-electron chi connectivity index (χ2n) is 7.69. The monoisotopic (exact) mass is 465 g/mol. The number of nitrogens with one attached hydrogen (secondary N) is 2. The molecule has 1 aromatic heterocycles. The van der Waals surface area contributed by atoms with Crippen LogP contribution in [-0.2, 0) is 24.1 Å². The predicted molar refractivity (Wildman–Crippen MR) is 116 cm³/mol. The molecule has 0 unspecified atom stereocenters. The van der Waals surface area contributed by atoms with Crippen LogP contribution < -0.4 is 10.6 Å². The molecule has 3 rings (SSSR count). The van der Waals surface area contributed by atoms with Gasteiger partial charge in [0.05, 0.1) is 22.8 Å². The second kappa shape index (κ2) is 10.0. The van der Waals surface area contributed by atoms with Gasteiger partial charge in [-0.2, -0.15) is 18.3 Å². The van der Waals surface area contributed by atoms with Gasteiger partial charge in [-0.15, -0.1) is 0 Å². The summed E-state index contributed by atoms with van der Waals surface area (Å²) in [6.45, 7) is 4.54. The van der Waals surface area contributed by atoms with Crippen molar-refractivity contribution < 1.29 is 18.0 Å². The van der Waals surface area contributed by atoms with Crippen molar-refractivity contribution in [2.45, 2.75) is 39.2 Å². The maximum atomic E-state index is 12.9. The van der Waals surface area contributed by atoms with E-state index < -0.39 is 17.8 Å². The molecule has 1 heterocycles. The zero-order chi connectivity index (χ0) is 23.3. The number of hydrogen-bond acceptors (Lipinski definition) is 4. The summed E-state index contributed by atoms with van der Waals surface area (Å²) in [4.78, 5) is 16.7. The van der Waals surface area contributed by atoms with Crippen LogP contribution in [-0.4, -0.2) is 26.7 Å². The first-order chi connectivity index (χ1) is 15.1. The highest BCUT2D eigenvalue weighted by Gasteiger charge is 2.31. The lowest BCUT2D eigenvalue weighted by molar-refractivity contribution is -0.137. The number of rotatable bonds is 8. The molecule has 0 aliphatic heterocycles. The molecular formula is C22H23ClF3N5O. The summed E-state index contributed by atoms with van der Waals surface area (Å²) in [5, 5.41) is 9.84. The van der Waals surface area contributed by atoms with Gasteiger partial charge in [0.25, 0.3) is 0 Å². The van der Waals surface area contributed by atoms with Crippen molar-refractivity contribution in [2.24, 2.45) is 5.92 Å². The summed E-state index contributed by atoms with van der Waals surface area (Å²) >= 11 is 6.03. The fraction of sp³-hybridized carbons (Fsp3) is 0.318. The third kappa shape index (κ3) is 6.23. The van der Waals surface area contributed by atoms with Crippen LogP contribution in [0.2, 0.25) is 5.02 Å². The molecule has 2 N–H and O–H groups in total. The highest BCUT2D eigenvalue weighted by atomic mass is 35.5. The SMILES string of the molecule is CC(C)[C@H](Nc1ccc(C(F)(F)F)cc1Cl)C(=O)NCc1cccc(Cn2cncn2)c1. The lowest BCUT2D eigenvalue weighted by Gasteiger charge is -2.24. The van der Waals surface area contributed by atoms with Gasteiger partial charge >= 0.3 is 6.18 Å². The van der Waals surface area contributed by atoms with Crippen molar-refractivity contribution in [1.29, 1.82) is 0 Å². The number of carbonyl (C=O) groups excluding carboxylic acids is 1. The van der Waals surface area contributed by atoms with E-state index in [0.717, 1.165) is 23.3 Å². The molecule has 0 spiro atoms. The molecule has 3 aromatic rings. The van der Waals surface area contributed by atoms with Crippen LogP contribution in [0.3, 0.4) is 0 Å². The Balaban J connectivity index is 1.65. The van der Waals surface area contributed by atoms with E-state index in [-0.39, 0.29) is 22.5 Å². The Bertz CT molecular complexity index is 1050. The van der Waals surface area contributed by atoms with E-state index in [4.69, 9.17) is 11.6 Å². The lowest BCUT2D eigenvalue weighted by Crippen LogP contribution is -2.42. The van der Waals surface area contributed by atoms with E-state index in [1.807, 2.05) is 38.1 Å². The topological polar surface area (TPSA) is 71.8 Å². The van der Waals surface area contributed by atoms with Gasteiger partial charge in [0.2, 0.25) is 5.91 Å². The predicted octanol–water partition coefficient (Wildman–Crippen LogP) is 4.75. The van der Waals surface area contributed by atoms with Gasteiger partial charge < -0.3 is 10.6 Å². The minimum atomic E-state index is -4.49. The number of amides is 1. The quantitative estimate of drug-likeness (QED) is 0.503. The molecule has 2 aromatic carbocycles. The third-order valence-electron chi connectivity index (χ3n) is 4.83. The van der Waals surface area contributed by atoms with E-state index in [9.17, 15) is 18.0 Å². The zero-order valence-electron chi connectivity index (χ0n) is 17.5. The smallest absolute Gasteiger partial charge is 0.372 e. The summed E-state index contributed by atoms with van der Waals surface area (Å²) in [7, 11) is 0. The molecule has 0 saturated heterocycles. The van der Waals surface area contributed by atoms with Crippen molar-refractivity contribution in [3.8, 4) is 0 Å². The summed E-state index contributed by atoms with van der Waals surface area (Å²) in [5.74, 6) is -0.412. The first-order valence-electron chi connectivity index (χ1n) is 9.94. The maximum Gasteiger partial charge on any atom is 0.416 e. The average Bonchev–Trinajstić information content (AvgIpc) is 3.23. The minimum absolute atomic E-state index is 0.0981. The fourth-order valence-electron chi connectivity index (χ4n) is 3.15. The van der Waals surface area contributed by atoms with Gasteiger partial charge in [-0.25, -0.2) is 9.67 Å². The van der Waals surface area contributed by atoms with E-state index >= 15 is 0 Å². The van der Waals surface area contributed by atoms with Crippen molar-refractivity contribution in [1.82, 2.24) is 20.1 Å². The van der Waals surface area contributed by atoms with E-state index in [1.165, 1.54) is 12.4 Å². The molecule has 0 aliphatic carbocycles. The number of halogens is 4. The number of anilines is 1. The molecular weight excluding hydrogens is 443 g/mol. The van der Waals surface area contributed by atoms with Gasteiger partial charge in [0.1, 0.15) is 18.7 Å². The normalized spacial score (nSPS) is 12.6.